The number of nitrogens with zero attached hydrogens (tertiary/aromatic N) is 3. The number of halogens is 1. The Morgan fingerprint density at radius 3 is 2.46 bits per heavy atom. The summed E-state index contributed by atoms with van der Waals surface area (Å²) in [5.74, 6) is -0.327. The third kappa shape index (κ3) is 5.52. The Labute approximate surface area is 206 Å². The van der Waals surface area contributed by atoms with Crippen molar-refractivity contribution in [2.45, 2.75) is 6.61 Å². The summed E-state index contributed by atoms with van der Waals surface area (Å²) in [4.78, 5) is 39.3. The molecule has 180 valence electrons. The fraction of sp³-hybridized carbons (Fsp3) is 0.200. The molecule has 0 unspecified atom stereocenters. The standard InChI is InChI=1S/C25H23ClN4O5/c26-19-8-9-21(22(15-19)30(33)34)28-10-12-29(13-11-28)25(32)18-5-3-4-17(14-18)16-35-23-7-2-1-6-20(23)24(27)31/h1-9,14-15H,10-13,16H2,(H2,27,31). The zero-order valence-corrected chi connectivity index (χ0v) is 19.5. The van der Waals surface area contributed by atoms with Crippen LogP contribution in [0.1, 0.15) is 26.3 Å². The quantitative estimate of drug-likeness (QED) is 0.393. The summed E-state index contributed by atoms with van der Waals surface area (Å²) in [6.07, 6.45) is 0. The van der Waals surface area contributed by atoms with Crippen molar-refractivity contribution in [3.63, 3.8) is 0 Å². The van der Waals surface area contributed by atoms with Crippen LogP contribution in [0.15, 0.2) is 66.7 Å². The lowest BCUT2D eigenvalue weighted by Gasteiger charge is -2.36. The Kier molecular flexibility index (Phi) is 7.17. The number of carbonyl (C=O) groups excluding carboxylic acids is 2. The molecule has 0 aromatic heterocycles. The van der Waals surface area contributed by atoms with E-state index in [1.54, 1.807) is 59.5 Å². The molecule has 2 amide bonds. The van der Waals surface area contributed by atoms with E-state index in [1.165, 1.54) is 6.07 Å². The second kappa shape index (κ2) is 10.4. The van der Waals surface area contributed by atoms with E-state index in [2.05, 4.69) is 0 Å². The van der Waals surface area contributed by atoms with Crippen LogP contribution in [-0.4, -0.2) is 47.8 Å². The van der Waals surface area contributed by atoms with Gasteiger partial charge in [0, 0.05) is 42.8 Å². The number of para-hydroxylation sites is 1. The number of ether oxygens (including phenoxy) is 1. The van der Waals surface area contributed by atoms with Gasteiger partial charge in [0.1, 0.15) is 18.0 Å². The van der Waals surface area contributed by atoms with Crippen LogP contribution in [0.5, 0.6) is 5.75 Å². The van der Waals surface area contributed by atoms with Crippen molar-refractivity contribution >= 4 is 34.8 Å². The first-order valence-electron chi connectivity index (χ1n) is 10.9. The SMILES string of the molecule is NC(=O)c1ccccc1OCc1cccc(C(=O)N2CCN(c3ccc(Cl)cc3[N+](=O)[O-])CC2)c1. The number of rotatable bonds is 7. The first-order valence-corrected chi connectivity index (χ1v) is 11.3. The van der Waals surface area contributed by atoms with Gasteiger partial charge in [-0.25, -0.2) is 0 Å². The smallest absolute Gasteiger partial charge is 0.294 e. The number of nitrogens with two attached hydrogens (primary N) is 1. The van der Waals surface area contributed by atoms with Gasteiger partial charge in [0.05, 0.1) is 10.5 Å². The van der Waals surface area contributed by atoms with Gasteiger partial charge in [0.15, 0.2) is 0 Å². The molecule has 0 spiro atoms. The van der Waals surface area contributed by atoms with Crippen LogP contribution in [0.4, 0.5) is 11.4 Å². The molecule has 1 aliphatic rings. The number of nitro benzene ring substituents is 1. The Hall–Kier alpha value is -4.11. The van der Waals surface area contributed by atoms with Gasteiger partial charge in [-0.15, -0.1) is 0 Å². The van der Waals surface area contributed by atoms with Gasteiger partial charge in [0.2, 0.25) is 0 Å². The Morgan fingerprint density at radius 2 is 1.74 bits per heavy atom. The number of primary amides is 1. The molecular weight excluding hydrogens is 472 g/mol. The molecule has 1 heterocycles. The summed E-state index contributed by atoms with van der Waals surface area (Å²) in [6.45, 7) is 1.93. The van der Waals surface area contributed by atoms with E-state index < -0.39 is 10.8 Å². The molecule has 9 nitrogen and oxygen atoms in total. The van der Waals surface area contributed by atoms with E-state index in [4.69, 9.17) is 22.1 Å². The molecule has 10 heteroatoms. The minimum absolute atomic E-state index is 0.0529. The Bertz CT molecular complexity index is 1270. The monoisotopic (exact) mass is 494 g/mol. The lowest BCUT2D eigenvalue weighted by molar-refractivity contribution is -0.384. The van der Waals surface area contributed by atoms with Crippen LogP contribution in [0.3, 0.4) is 0 Å². The molecule has 1 aliphatic heterocycles. The van der Waals surface area contributed by atoms with E-state index in [0.717, 1.165) is 5.56 Å². The van der Waals surface area contributed by atoms with Crippen molar-refractivity contribution in [3.8, 4) is 5.75 Å². The predicted octanol–water partition coefficient (Wildman–Crippen LogP) is 3.89. The van der Waals surface area contributed by atoms with Gasteiger partial charge in [-0.2, -0.15) is 0 Å². The largest absolute Gasteiger partial charge is 0.488 e. The normalized spacial score (nSPS) is 13.4. The topological polar surface area (TPSA) is 119 Å². The highest BCUT2D eigenvalue weighted by atomic mass is 35.5. The molecule has 0 radical (unpaired) electrons. The lowest BCUT2D eigenvalue weighted by Crippen LogP contribution is -2.49. The molecule has 35 heavy (non-hydrogen) atoms. The van der Waals surface area contributed by atoms with Crippen molar-refractivity contribution in [1.29, 1.82) is 0 Å². The van der Waals surface area contributed by atoms with Gasteiger partial charge >= 0.3 is 0 Å². The number of hydrogen-bond donors (Lipinski definition) is 1. The Morgan fingerprint density at radius 1 is 1.00 bits per heavy atom. The number of carbonyl (C=O) groups is 2. The Balaban J connectivity index is 1.40. The number of anilines is 1. The minimum Gasteiger partial charge on any atom is -0.488 e. The van der Waals surface area contributed by atoms with Crippen LogP contribution in [0.2, 0.25) is 5.02 Å². The van der Waals surface area contributed by atoms with E-state index >= 15 is 0 Å². The van der Waals surface area contributed by atoms with E-state index in [0.29, 0.717) is 53.8 Å². The maximum absolute atomic E-state index is 13.1. The summed E-state index contributed by atoms with van der Waals surface area (Å²) in [5, 5.41) is 11.7. The third-order valence-corrected chi connectivity index (χ3v) is 6.00. The minimum atomic E-state index is -0.576. The molecule has 2 N–H and O–H groups in total. The van der Waals surface area contributed by atoms with Crippen molar-refractivity contribution in [3.05, 3.63) is 98.6 Å². The summed E-state index contributed by atoms with van der Waals surface area (Å²) >= 11 is 5.92. The molecule has 0 aliphatic carbocycles. The molecule has 3 aromatic carbocycles. The van der Waals surface area contributed by atoms with Crippen LogP contribution in [0.25, 0.3) is 0 Å². The number of piperazine rings is 1. The zero-order chi connectivity index (χ0) is 24.9. The summed E-state index contributed by atoms with van der Waals surface area (Å²) in [5.41, 5.74) is 7.40. The second-order valence-electron chi connectivity index (χ2n) is 8.02. The van der Waals surface area contributed by atoms with Gasteiger partial charge < -0.3 is 20.3 Å². The molecule has 0 bridgehead atoms. The highest BCUT2D eigenvalue weighted by Crippen LogP contribution is 2.31. The zero-order valence-electron chi connectivity index (χ0n) is 18.7. The van der Waals surface area contributed by atoms with E-state index in [-0.39, 0.29) is 18.2 Å². The number of hydrogen-bond acceptors (Lipinski definition) is 6. The summed E-state index contributed by atoms with van der Waals surface area (Å²) < 4.78 is 5.77. The average Bonchev–Trinajstić information content (AvgIpc) is 2.87. The lowest BCUT2D eigenvalue weighted by atomic mass is 10.1. The summed E-state index contributed by atoms with van der Waals surface area (Å²) in [6, 6.07) is 18.4. The highest BCUT2D eigenvalue weighted by molar-refractivity contribution is 6.30. The number of nitro groups is 1. The van der Waals surface area contributed by atoms with Crippen LogP contribution >= 0.6 is 11.6 Å². The van der Waals surface area contributed by atoms with Crippen molar-refractivity contribution in [1.82, 2.24) is 4.90 Å². The molecule has 0 atom stereocenters. The second-order valence-corrected chi connectivity index (χ2v) is 8.46. The van der Waals surface area contributed by atoms with E-state index in [9.17, 15) is 19.7 Å². The van der Waals surface area contributed by atoms with Gasteiger partial charge in [-0.3, -0.25) is 19.7 Å². The highest BCUT2D eigenvalue weighted by Gasteiger charge is 2.26. The number of amides is 2. The van der Waals surface area contributed by atoms with Gasteiger partial charge in [0.25, 0.3) is 17.5 Å². The maximum atomic E-state index is 13.1. The first kappa shape index (κ1) is 24.0. The van der Waals surface area contributed by atoms with Gasteiger partial charge in [-0.05, 0) is 42.0 Å². The predicted molar refractivity (Wildman–Crippen MR) is 132 cm³/mol. The van der Waals surface area contributed by atoms with Crippen LogP contribution in [-0.2, 0) is 6.61 Å². The van der Waals surface area contributed by atoms with E-state index in [1.807, 2.05) is 11.0 Å². The molecule has 4 rings (SSSR count). The van der Waals surface area contributed by atoms with Crippen LogP contribution in [0, 0.1) is 10.1 Å². The maximum Gasteiger partial charge on any atom is 0.294 e. The number of benzene rings is 3. The van der Waals surface area contributed by atoms with Crippen molar-refractivity contribution in [2.24, 2.45) is 5.73 Å². The molecule has 1 saturated heterocycles. The van der Waals surface area contributed by atoms with Crippen LogP contribution < -0.4 is 15.4 Å². The molecule has 1 fully saturated rings. The average molecular weight is 495 g/mol. The summed E-state index contributed by atoms with van der Waals surface area (Å²) in [7, 11) is 0. The van der Waals surface area contributed by atoms with Crippen molar-refractivity contribution < 1.29 is 19.2 Å². The fourth-order valence-electron chi connectivity index (χ4n) is 3.99. The molecular formula is C25H23ClN4O5. The van der Waals surface area contributed by atoms with Crippen molar-refractivity contribution in [2.75, 3.05) is 31.1 Å². The third-order valence-electron chi connectivity index (χ3n) is 5.76. The molecule has 3 aromatic rings. The first-order chi connectivity index (χ1) is 16.8. The molecule has 0 saturated carbocycles. The fourth-order valence-corrected chi connectivity index (χ4v) is 4.16. The van der Waals surface area contributed by atoms with Gasteiger partial charge in [-0.1, -0.05) is 35.9 Å².